The molecule has 3 rings (SSSR count). The third-order valence-electron chi connectivity index (χ3n) is 4.25. The second kappa shape index (κ2) is 8.32. The van der Waals surface area contributed by atoms with E-state index in [1.807, 2.05) is 13.8 Å². The van der Waals surface area contributed by atoms with Gasteiger partial charge in [0.15, 0.2) is 0 Å². The minimum absolute atomic E-state index is 0.148. The van der Waals surface area contributed by atoms with Crippen LogP contribution in [0.4, 0.5) is 5.13 Å². The van der Waals surface area contributed by atoms with E-state index in [1.54, 1.807) is 12.1 Å². The predicted molar refractivity (Wildman–Crippen MR) is 102 cm³/mol. The molecule has 0 bridgehead atoms. The van der Waals surface area contributed by atoms with Crippen LogP contribution in [-0.2, 0) is 21.2 Å². The van der Waals surface area contributed by atoms with Gasteiger partial charge in [0.25, 0.3) is 0 Å². The van der Waals surface area contributed by atoms with Gasteiger partial charge in [-0.25, -0.2) is 8.42 Å². The minimum atomic E-state index is -3.77. The van der Waals surface area contributed by atoms with Crippen molar-refractivity contribution in [1.29, 1.82) is 0 Å². The average Bonchev–Trinajstić information content (AvgIpc) is 3.32. The third-order valence-corrected chi connectivity index (χ3v) is 7.15. The minimum Gasteiger partial charge on any atom is -0.494 e. The summed E-state index contributed by atoms with van der Waals surface area (Å²) in [6, 6.07) is 5.50. The molecule has 10 heteroatoms. The lowest BCUT2D eigenvalue weighted by atomic mass is 10.2. The standard InChI is InChI=1S/C17H22N4O4S2/c1-3-15-19-20-17(26-15)18-16(22)14-6-5-11-21(14)27(23,24)13-9-7-12(8-10-13)25-4-2/h7-10,14H,3-6,11H2,1-2H3,(H,18,20,22)/t14-/m0/s1. The number of ether oxygens (including phenoxy) is 1. The van der Waals surface area contributed by atoms with Crippen LogP contribution in [0, 0.1) is 0 Å². The van der Waals surface area contributed by atoms with Gasteiger partial charge in [0.05, 0.1) is 11.5 Å². The van der Waals surface area contributed by atoms with Crippen molar-refractivity contribution >= 4 is 32.4 Å². The maximum atomic E-state index is 13.0. The Bertz CT molecular complexity index is 896. The molecule has 1 aromatic carbocycles. The van der Waals surface area contributed by atoms with E-state index in [0.717, 1.165) is 11.4 Å². The normalized spacial score (nSPS) is 17.8. The highest BCUT2D eigenvalue weighted by Crippen LogP contribution is 2.28. The highest BCUT2D eigenvalue weighted by Gasteiger charge is 2.39. The van der Waals surface area contributed by atoms with E-state index in [-0.39, 0.29) is 10.8 Å². The van der Waals surface area contributed by atoms with Crippen LogP contribution in [-0.4, -0.2) is 48.0 Å². The SMILES string of the molecule is CCOc1ccc(S(=O)(=O)N2CCC[C@H]2C(=O)Nc2nnc(CC)s2)cc1. The lowest BCUT2D eigenvalue weighted by molar-refractivity contribution is -0.119. The summed E-state index contributed by atoms with van der Waals surface area (Å²) in [5.41, 5.74) is 0. The highest BCUT2D eigenvalue weighted by molar-refractivity contribution is 7.89. The van der Waals surface area contributed by atoms with Crippen molar-refractivity contribution in [3.63, 3.8) is 0 Å². The van der Waals surface area contributed by atoms with Gasteiger partial charge < -0.3 is 4.74 Å². The van der Waals surface area contributed by atoms with Crippen molar-refractivity contribution in [2.75, 3.05) is 18.5 Å². The van der Waals surface area contributed by atoms with Crippen LogP contribution >= 0.6 is 11.3 Å². The van der Waals surface area contributed by atoms with Gasteiger partial charge in [0.1, 0.15) is 16.8 Å². The van der Waals surface area contributed by atoms with E-state index in [0.29, 0.717) is 36.9 Å². The van der Waals surface area contributed by atoms with Crippen molar-refractivity contribution in [3.05, 3.63) is 29.3 Å². The van der Waals surface area contributed by atoms with Gasteiger partial charge in [0.2, 0.25) is 21.1 Å². The first-order chi connectivity index (χ1) is 13.0. The second-order valence-electron chi connectivity index (χ2n) is 6.02. The highest BCUT2D eigenvalue weighted by atomic mass is 32.2. The molecule has 0 spiro atoms. The maximum absolute atomic E-state index is 13.0. The Kier molecular flexibility index (Phi) is 6.08. The molecule has 1 aliphatic rings. The fourth-order valence-electron chi connectivity index (χ4n) is 2.94. The molecular weight excluding hydrogens is 388 g/mol. The summed E-state index contributed by atoms with van der Waals surface area (Å²) in [6.07, 6.45) is 1.83. The molecule has 1 aliphatic heterocycles. The Labute approximate surface area is 162 Å². The zero-order valence-corrected chi connectivity index (χ0v) is 16.8. The molecule has 1 amide bonds. The van der Waals surface area contributed by atoms with Crippen LogP contribution in [0.3, 0.4) is 0 Å². The molecule has 0 aliphatic carbocycles. The number of nitrogens with zero attached hydrogens (tertiary/aromatic N) is 3. The molecule has 0 unspecified atom stereocenters. The summed E-state index contributed by atoms with van der Waals surface area (Å²) >= 11 is 1.30. The first-order valence-electron chi connectivity index (χ1n) is 8.83. The molecule has 8 nitrogen and oxygen atoms in total. The van der Waals surface area contributed by atoms with Crippen LogP contribution in [0.15, 0.2) is 29.2 Å². The van der Waals surface area contributed by atoms with Gasteiger partial charge >= 0.3 is 0 Å². The Morgan fingerprint density at radius 3 is 2.67 bits per heavy atom. The van der Waals surface area contributed by atoms with Crippen LogP contribution < -0.4 is 10.1 Å². The van der Waals surface area contributed by atoms with E-state index in [4.69, 9.17) is 4.74 Å². The summed E-state index contributed by atoms with van der Waals surface area (Å²) in [5.74, 6) is 0.232. The monoisotopic (exact) mass is 410 g/mol. The fraction of sp³-hybridized carbons (Fsp3) is 0.471. The topological polar surface area (TPSA) is 101 Å². The van der Waals surface area contributed by atoms with Crippen molar-refractivity contribution in [1.82, 2.24) is 14.5 Å². The average molecular weight is 411 g/mol. The molecule has 1 atom stereocenters. The second-order valence-corrected chi connectivity index (χ2v) is 8.97. The summed E-state index contributed by atoms with van der Waals surface area (Å²) in [7, 11) is -3.77. The lowest BCUT2D eigenvalue weighted by Crippen LogP contribution is -2.43. The number of carbonyl (C=O) groups is 1. The van der Waals surface area contributed by atoms with Crippen LogP contribution in [0.1, 0.15) is 31.7 Å². The largest absolute Gasteiger partial charge is 0.494 e. The molecule has 0 radical (unpaired) electrons. The summed E-state index contributed by atoms with van der Waals surface area (Å²) in [6.45, 7) is 4.63. The first-order valence-corrected chi connectivity index (χ1v) is 11.1. The molecule has 0 saturated carbocycles. The van der Waals surface area contributed by atoms with Crippen LogP contribution in [0.25, 0.3) is 0 Å². The predicted octanol–water partition coefficient (Wildman–Crippen LogP) is 2.29. The van der Waals surface area contributed by atoms with Crippen LogP contribution in [0.5, 0.6) is 5.75 Å². The smallest absolute Gasteiger partial charge is 0.244 e. The quantitative estimate of drug-likeness (QED) is 0.751. The number of sulfonamides is 1. The summed E-state index contributed by atoms with van der Waals surface area (Å²) < 4.78 is 32.6. The molecule has 1 saturated heterocycles. The molecule has 146 valence electrons. The number of hydrogen-bond acceptors (Lipinski definition) is 7. The molecule has 2 heterocycles. The molecule has 2 aromatic rings. The van der Waals surface area contributed by atoms with Gasteiger partial charge in [-0.05, 0) is 50.5 Å². The van der Waals surface area contributed by atoms with Gasteiger partial charge in [-0.3, -0.25) is 10.1 Å². The fourth-order valence-corrected chi connectivity index (χ4v) is 5.27. The number of anilines is 1. The summed E-state index contributed by atoms with van der Waals surface area (Å²) in [5, 5.41) is 11.8. The van der Waals surface area contributed by atoms with Crippen molar-refractivity contribution in [3.8, 4) is 5.75 Å². The number of amides is 1. The molecule has 1 fully saturated rings. The van der Waals surface area contributed by atoms with Crippen molar-refractivity contribution < 1.29 is 17.9 Å². The number of rotatable bonds is 7. The van der Waals surface area contributed by atoms with Crippen LogP contribution in [0.2, 0.25) is 0 Å². The molecule has 1 N–H and O–H groups in total. The summed E-state index contributed by atoms with van der Waals surface area (Å²) in [4.78, 5) is 12.8. The van der Waals surface area contributed by atoms with E-state index in [2.05, 4.69) is 15.5 Å². The number of benzene rings is 1. The number of carbonyl (C=O) groups excluding carboxylic acids is 1. The number of aryl methyl sites for hydroxylation is 1. The molecular formula is C17H22N4O4S2. The third kappa shape index (κ3) is 4.28. The van der Waals surface area contributed by atoms with Crippen molar-refractivity contribution in [2.24, 2.45) is 0 Å². The Morgan fingerprint density at radius 2 is 2.04 bits per heavy atom. The maximum Gasteiger partial charge on any atom is 0.244 e. The first kappa shape index (κ1) is 19.7. The number of aromatic nitrogens is 2. The Balaban J connectivity index is 1.76. The number of nitrogens with one attached hydrogen (secondary N) is 1. The van der Waals surface area contributed by atoms with E-state index in [1.165, 1.54) is 27.8 Å². The van der Waals surface area contributed by atoms with Gasteiger partial charge in [0, 0.05) is 6.54 Å². The van der Waals surface area contributed by atoms with E-state index in [9.17, 15) is 13.2 Å². The lowest BCUT2D eigenvalue weighted by Gasteiger charge is -2.23. The zero-order valence-electron chi connectivity index (χ0n) is 15.2. The van der Waals surface area contributed by atoms with Gasteiger partial charge in [-0.1, -0.05) is 18.3 Å². The number of hydrogen-bond donors (Lipinski definition) is 1. The van der Waals surface area contributed by atoms with Crippen molar-refractivity contribution in [2.45, 2.75) is 44.0 Å². The van der Waals surface area contributed by atoms with Gasteiger partial charge in [-0.15, -0.1) is 10.2 Å². The van der Waals surface area contributed by atoms with E-state index < -0.39 is 16.1 Å². The van der Waals surface area contributed by atoms with E-state index >= 15 is 0 Å². The Morgan fingerprint density at radius 1 is 1.30 bits per heavy atom. The molecule has 27 heavy (non-hydrogen) atoms. The zero-order chi connectivity index (χ0) is 19.4. The van der Waals surface area contributed by atoms with Gasteiger partial charge in [-0.2, -0.15) is 4.31 Å². The molecule has 1 aromatic heterocycles. The Hall–Kier alpha value is -2.04.